The quantitative estimate of drug-likeness (QED) is 0.830. The number of fused-ring (bicyclic) bond motifs is 2. The van der Waals surface area contributed by atoms with Gasteiger partial charge in [-0.15, -0.1) is 10.2 Å². The van der Waals surface area contributed by atoms with E-state index in [1.807, 2.05) is 12.1 Å². The highest BCUT2D eigenvalue weighted by Crippen LogP contribution is 2.31. The Balaban J connectivity index is 1.66. The molecule has 1 aromatic heterocycles. The molecular formula is C14H16N4O. The van der Waals surface area contributed by atoms with Gasteiger partial charge >= 0.3 is 0 Å². The minimum atomic E-state index is 0.314. The third kappa shape index (κ3) is 1.81. The fraction of sp³-hybridized carbons (Fsp3) is 0.429. The van der Waals surface area contributed by atoms with Crippen LogP contribution in [-0.4, -0.2) is 27.9 Å². The van der Waals surface area contributed by atoms with Gasteiger partial charge in [-0.2, -0.15) is 0 Å². The highest BCUT2D eigenvalue weighted by Gasteiger charge is 2.27. The molecule has 0 fully saturated rings. The molecular weight excluding hydrogens is 240 g/mol. The van der Waals surface area contributed by atoms with Gasteiger partial charge in [-0.25, -0.2) is 0 Å². The molecule has 2 aliphatic rings. The van der Waals surface area contributed by atoms with Crippen LogP contribution in [-0.2, 0) is 19.5 Å². The Hall–Kier alpha value is -1.88. The van der Waals surface area contributed by atoms with E-state index in [9.17, 15) is 0 Å². The maximum absolute atomic E-state index is 5.85. The predicted octanol–water partition coefficient (Wildman–Crippen LogP) is 1.10. The molecule has 0 aliphatic carbocycles. The van der Waals surface area contributed by atoms with Gasteiger partial charge in [-0.1, -0.05) is 18.2 Å². The topological polar surface area (TPSA) is 52.0 Å². The summed E-state index contributed by atoms with van der Waals surface area (Å²) in [7, 11) is 0. The van der Waals surface area contributed by atoms with Crippen LogP contribution >= 0.6 is 0 Å². The molecule has 0 radical (unpaired) electrons. The number of nitrogens with one attached hydrogen (secondary N) is 1. The van der Waals surface area contributed by atoms with Crippen molar-refractivity contribution in [3.8, 4) is 5.75 Å². The molecule has 0 spiro atoms. The van der Waals surface area contributed by atoms with Gasteiger partial charge in [0.2, 0.25) is 0 Å². The first-order chi connectivity index (χ1) is 9.42. The summed E-state index contributed by atoms with van der Waals surface area (Å²) < 4.78 is 8.10. The standard InChI is InChI=1S/C14H16N4O/c1-2-4-12-10(3-1)7-11(9-19-12)14-17-16-13-8-15-5-6-18(13)14/h1-4,11,15H,5-9H2. The monoisotopic (exact) mass is 256 g/mol. The van der Waals surface area contributed by atoms with Crippen molar-refractivity contribution in [2.75, 3.05) is 13.2 Å². The summed E-state index contributed by atoms with van der Waals surface area (Å²) in [6.07, 6.45) is 0.988. The molecule has 1 atom stereocenters. The number of nitrogens with zero attached hydrogens (tertiary/aromatic N) is 3. The van der Waals surface area contributed by atoms with Crippen molar-refractivity contribution in [3.05, 3.63) is 41.5 Å². The number of para-hydroxylation sites is 1. The van der Waals surface area contributed by atoms with E-state index < -0.39 is 0 Å². The van der Waals surface area contributed by atoms with Gasteiger partial charge in [0, 0.05) is 13.1 Å². The van der Waals surface area contributed by atoms with Gasteiger partial charge in [0.05, 0.1) is 19.1 Å². The van der Waals surface area contributed by atoms with Gasteiger partial charge in [0.1, 0.15) is 17.4 Å². The summed E-state index contributed by atoms with van der Waals surface area (Å²) in [4.78, 5) is 0. The van der Waals surface area contributed by atoms with Crippen molar-refractivity contribution in [1.82, 2.24) is 20.1 Å². The molecule has 3 heterocycles. The van der Waals surface area contributed by atoms with E-state index in [1.54, 1.807) is 0 Å². The van der Waals surface area contributed by atoms with Crippen LogP contribution in [0.5, 0.6) is 5.75 Å². The maximum Gasteiger partial charge on any atom is 0.147 e. The van der Waals surface area contributed by atoms with Crippen molar-refractivity contribution in [2.24, 2.45) is 0 Å². The maximum atomic E-state index is 5.85. The SMILES string of the molecule is c1ccc2c(c1)CC(c1nnc3n1CCNC3)CO2. The summed E-state index contributed by atoms with van der Waals surface area (Å²) in [6.45, 7) is 3.46. The van der Waals surface area contributed by atoms with E-state index in [0.717, 1.165) is 43.5 Å². The molecule has 0 amide bonds. The van der Waals surface area contributed by atoms with Crippen LogP contribution in [0.3, 0.4) is 0 Å². The second kappa shape index (κ2) is 4.35. The number of hydrogen-bond donors (Lipinski definition) is 1. The summed E-state index contributed by atoms with van der Waals surface area (Å²) >= 11 is 0. The molecule has 98 valence electrons. The molecule has 2 aliphatic heterocycles. The van der Waals surface area contributed by atoms with Gasteiger partial charge < -0.3 is 14.6 Å². The second-order valence-corrected chi connectivity index (χ2v) is 5.12. The van der Waals surface area contributed by atoms with E-state index in [-0.39, 0.29) is 0 Å². The zero-order valence-electron chi connectivity index (χ0n) is 10.7. The number of hydrogen-bond acceptors (Lipinski definition) is 4. The predicted molar refractivity (Wildman–Crippen MR) is 70.1 cm³/mol. The lowest BCUT2D eigenvalue weighted by molar-refractivity contribution is 0.253. The molecule has 4 rings (SSSR count). The molecule has 19 heavy (non-hydrogen) atoms. The first-order valence-electron chi connectivity index (χ1n) is 6.75. The lowest BCUT2D eigenvalue weighted by atomic mass is 9.96. The minimum absolute atomic E-state index is 0.314. The Morgan fingerprint density at radius 1 is 1.26 bits per heavy atom. The van der Waals surface area contributed by atoms with Crippen LogP contribution in [0.2, 0.25) is 0 Å². The molecule has 0 saturated carbocycles. The van der Waals surface area contributed by atoms with Gasteiger partial charge in [0.15, 0.2) is 0 Å². The summed E-state index contributed by atoms with van der Waals surface area (Å²) in [5.74, 6) is 3.44. The van der Waals surface area contributed by atoms with Gasteiger partial charge in [0.25, 0.3) is 0 Å². The van der Waals surface area contributed by atoms with Crippen LogP contribution in [0.4, 0.5) is 0 Å². The van der Waals surface area contributed by atoms with Gasteiger partial charge in [-0.05, 0) is 18.1 Å². The normalized spacial score (nSPS) is 21.4. The van der Waals surface area contributed by atoms with Crippen molar-refractivity contribution in [3.63, 3.8) is 0 Å². The molecule has 0 bridgehead atoms. The van der Waals surface area contributed by atoms with Gasteiger partial charge in [-0.3, -0.25) is 0 Å². The van der Waals surface area contributed by atoms with E-state index >= 15 is 0 Å². The summed E-state index contributed by atoms with van der Waals surface area (Å²) in [5.41, 5.74) is 1.27. The van der Waals surface area contributed by atoms with Crippen molar-refractivity contribution >= 4 is 0 Å². The molecule has 1 aromatic carbocycles. The second-order valence-electron chi connectivity index (χ2n) is 5.12. The summed E-state index contributed by atoms with van der Waals surface area (Å²) in [6, 6.07) is 8.25. The average Bonchev–Trinajstić information content (AvgIpc) is 2.91. The lowest BCUT2D eigenvalue weighted by Gasteiger charge is -2.26. The molecule has 5 heteroatoms. The molecule has 1 unspecified atom stereocenters. The third-order valence-electron chi connectivity index (χ3n) is 3.90. The molecule has 5 nitrogen and oxygen atoms in total. The van der Waals surface area contributed by atoms with E-state index in [1.165, 1.54) is 5.56 Å². The van der Waals surface area contributed by atoms with Crippen LogP contribution in [0.25, 0.3) is 0 Å². The van der Waals surface area contributed by atoms with Crippen LogP contribution in [0.15, 0.2) is 24.3 Å². The average molecular weight is 256 g/mol. The van der Waals surface area contributed by atoms with E-state index in [0.29, 0.717) is 12.5 Å². The Morgan fingerprint density at radius 3 is 3.21 bits per heavy atom. The number of aromatic nitrogens is 3. The Labute approximate surface area is 111 Å². The first kappa shape index (κ1) is 11.0. The molecule has 0 saturated heterocycles. The van der Waals surface area contributed by atoms with Crippen LogP contribution in [0, 0.1) is 0 Å². The fourth-order valence-corrected chi connectivity index (χ4v) is 2.91. The number of rotatable bonds is 1. The third-order valence-corrected chi connectivity index (χ3v) is 3.90. The Kier molecular flexibility index (Phi) is 2.51. The van der Waals surface area contributed by atoms with Crippen molar-refractivity contribution in [2.45, 2.75) is 25.4 Å². The number of ether oxygens (including phenoxy) is 1. The molecule has 2 aromatic rings. The zero-order valence-corrected chi connectivity index (χ0v) is 10.7. The smallest absolute Gasteiger partial charge is 0.147 e. The fourth-order valence-electron chi connectivity index (χ4n) is 2.91. The van der Waals surface area contributed by atoms with E-state index in [2.05, 4.69) is 32.2 Å². The molecule has 1 N–H and O–H groups in total. The van der Waals surface area contributed by atoms with Crippen LogP contribution < -0.4 is 10.1 Å². The van der Waals surface area contributed by atoms with E-state index in [4.69, 9.17) is 4.74 Å². The Morgan fingerprint density at radius 2 is 2.21 bits per heavy atom. The highest BCUT2D eigenvalue weighted by atomic mass is 16.5. The largest absolute Gasteiger partial charge is 0.493 e. The number of benzene rings is 1. The lowest BCUT2D eigenvalue weighted by Crippen LogP contribution is -2.31. The highest BCUT2D eigenvalue weighted by molar-refractivity contribution is 5.36. The first-order valence-corrected chi connectivity index (χ1v) is 6.75. The van der Waals surface area contributed by atoms with Crippen molar-refractivity contribution < 1.29 is 4.74 Å². The zero-order chi connectivity index (χ0) is 12.7. The summed E-state index contributed by atoms with van der Waals surface area (Å²) in [5, 5.41) is 12.0. The van der Waals surface area contributed by atoms with Crippen molar-refractivity contribution in [1.29, 1.82) is 0 Å². The Bertz CT molecular complexity index is 607. The minimum Gasteiger partial charge on any atom is -0.493 e. The van der Waals surface area contributed by atoms with Crippen LogP contribution in [0.1, 0.15) is 23.1 Å².